The molecular weight excluding hydrogens is 278 g/mol. The van der Waals surface area contributed by atoms with Crippen molar-refractivity contribution in [2.24, 2.45) is 0 Å². The lowest BCUT2D eigenvalue weighted by molar-refractivity contribution is 0.444. The number of hydrogen-bond donors (Lipinski definition) is 2. The van der Waals surface area contributed by atoms with Gasteiger partial charge in [0.15, 0.2) is 0 Å². The molecule has 0 fully saturated rings. The summed E-state index contributed by atoms with van der Waals surface area (Å²) in [4.78, 5) is 3.94. The van der Waals surface area contributed by atoms with Gasteiger partial charge in [-0.2, -0.15) is 12.7 Å². The smallest absolute Gasteiger partial charge is 0.279 e. The largest absolute Gasteiger partial charge is 0.337 e. The molecule has 7 nitrogen and oxygen atoms in total. The van der Waals surface area contributed by atoms with Crippen molar-refractivity contribution in [2.45, 2.75) is 26.3 Å². The minimum atomic E-state index is -3.36. The van der Waals surface area contributed by atoms with E-state index in [1.54, 1.807) is 19.6 Å². The summed E-state index contributed by atoms with van der Waals surface area (Å²) in [5.41, 5.74) is 0. The van der Waals surface area contributed by atoms with E-state index >= 15 is 0 Å². The minimum absolute atomic E-state index is 0.429. The number of imidazole rings is 1. The number of nitrogens with zero attached hydrogens (tertiary/aromatic N) is 3. The summed E-state index contributed by atoms with van der Waals surface area (Å²) < 4.78 is 29.8. The molecule has 0 spiro atoms. The van der Waals surface area contributed by atoms with Gasteiger partial charge in [-0.25, -0.2) is 9.71 Å². The molecule has 0 radical (unpaired) electrons. The summed E-state index contributed by atoms with van der Waals surface area (Å²) >= 11 is 0. The first-order valence-corrected chi connectivity index (χ1v) is 8.37. The maximum absolute atomic E-state index is 11.9. The van der Waals surface area contributed by atoms with Crippen molar-refractivity contribution in [3.8, 4) is 0 Å². The Balaban J connectivity index is 2.19. The standard InChI is InChI=1S/C12H25N5O2S/c1-3-13-6-4-9-16(2)20(18,19)15-7-5-10-17-11-8-14-12-17/h8,11-13,15H,3-7,9-10H2,1-2H3. The van der Waals surface area contributed by atoms with Crippen molar-refractivity contribution in [3.63, 3.8) is 0 Å². The molecule has 1 heterocycles. The van der Waals surface area contributed by atoms with E-state index in [9.17, 15) is 8.42 Å². The fourth-order valence-corrected chi connectivity index (χ4v) is 2.71. The highest BCUT2D eigenvalue weighted by Crippen LogP contribution is 1.96. The minimum Gasteiger partial charge on any atom is -0.337 e. The molecule has 1 aromatic heterocycles. The van der Waals surface area contributed by atoms with Gasteiger partial charge in [0.1, 0.15) is 0 Å². The van der Waals surface area contributed by atoms with Crippen molar-refractivity contribution in [2.75, 3.05) is 33.2 Å². The SMILES string of the molecule is CCNCCCN(C)S(=O)(=O)NCCCn1ccnc1. The topological polar surface area (TPSA) is 79.3 Å². The summed E-state index contributed by atoms with van der Waals surface area (Å²) in [6, 6.07) is 0. The molecule has 0 aliphatic heterocycles. The lowest BCUT2D eigenvalue weighted by Gasteiger charge is -2.17. The molecule has 0 aliphatic rings. The van der Waals surface area contributed by atoms with Crippen molar-refractivity contribution < 1.29 is 8.42 Å². The highest BCUT2D eigenvalue weighted by atomic mass is 32.2. The van der Waals surface area contributed by atoms with E-state index in [2.05, 4.69) is 15.0 Å². The van der Waals surface area contributed by atoms with Gasteiger partial charge >= 0.3 is 0 Å². The van der Waals surface area contributed by atoms with Crippen LogP contribution in [0.1, 0.15) is 19.8 Å². The Labute approximate surface area is 121 Å². The van der Waals surface area contributed by atoms with Gasteiger partial charge in [-0.1, -0.05) is 6.92 Å². The second-order valence-corrected chi connectivity index (χ2v) is 6.44. The zero-order valence-electron chi connectivity index (χ0n) is 12.2. The van der Waals surface area contributed by atoms with E-state index in [-0.39, 0.29) is 0 Å². The average Bonchev–Trinajstić information content (AvgIpc) is 2.92. The van der Waals surface area contributed by atoms with Crippen LogP contribution in [0.4, 0.5) is 0 Å². The summed E-state index contributed by atoms with van der Waals surface area (Å²) in [6.07, 6.45) is 6.84. The third kappa shape index (κ3) is 6.47. The molecule has 1 rings (SSSR count). The van der Waals surface area contributed by atoms with Crippen LogP contribution in [0.5, 0.6) is 0 Å². The van der Waals surface area contributed by atoms with Crippen molar-refractivity contribution in [1.82, 2.24) is 23.9 Å². The van der Waals surface area contributed by atoms with Gasteiger partial charge in [0.2, 0.25) is 0 Å². The molecule has 8 heteroatoms. The van der Waals surface area contributed by atoms with E-state index in [4.69, 9.17) is 0 Å². The molecule has 0 aromatic carbocycles. The summed E-state index contributed by atoms with van der Waals surface area (Å²) in [5.74, 6) is 0. The second-order valence-electron chi connectivity index (χ2n) is 4.58. The Hall–Kier alpha value is -0.960. The molecule has 20 heavy (non-hydrogen) atoms. The fourth-order valence-electron chi connectivity index (χ4n) is 1.72. The average molecular weight is 303 g/mol. The normalized spacial score (nSPS) is 12.2. The van der Waals surface area contributed by atoms with E-state index in [1.807, 2.05) is 17.7 Å². The van der Waals surface area contributed by atoms with Crippen LogP contribution in [0.2, 0.25) is 0 Å². The number of nitrogens with one attached hydrogen (secondary N) is 2. The zero-order chi connectivity index (χ0) is 14.8. The highest BCUT2D eigenvalue weighted by Gasteiger charge is 2.15. The van der Waals surface area contributed by atoms with E-state index in [0.717, 1.165) is 32.5 Å². The van der Waals surface area contributed by atoms with Crippen LogP contribution in [0.15, 0.2) is 18.7 Å². The molecule has 2 N–H and O–H groups in total. The summed E-state index contributed by atoms with van der Waals surface area (Å²) in [7, 11) is -1.76. The number of aryl methyl sites for hydroxylation is 1. The zero-order valence-corrected chi connectivity index (χ0v) is 13.1. The van der Waals surface area contributed by atoms with Crippen molar-refractivity contribution in [3.05, 3.63) is 18.7 Å². The maximum Gasteiger partial charge on any atom is 0.279 e. The Morgan fingerprint density at radius 2 is 2.10 bits per heavy atom. The first-order chi connectivity index (χ1) is 9.56. The first kappa shape index (κ1) is 17.1. The molecule has 0 atom stereocenters. The number of hydrogen-bond acceptors (Lipinski definition) is 4. The van der Waals surface area contributed by atoms with Crippen LogP contribution in [0.3, 0.4) is 0 Å². The third-order valence-corrected chi connectivity index (χ3v) is 4.50. The molecule has 116 valence electrons. The van der Waals surface area contributed by atoms with E-state index < -0.39 is 10.2 Å². The molecule has 0 saturated heterocycles. The number of aromatic nitrogens is 2. The summed E-state index contributed by atoms with van der Waals surface area (Å²) in [5, 5.41) is 3.17. The van der Waals surface area contributed by atoms with E-state index in [1.165, 1.54) is 4.31 Å². The monoisotopic (exact) mass is 303 g/mol. The summed E-state index contributed by atoms with van der Waals surface area (Å²) in [6.45, 7) is 5.47. The predicted molar refractivity (Wildman–Crippen MR) is 79.6 cm³/mol. The van der Waals surface area contributed by atoms with Gasteiger partial charge in [0.05, 0.1) is 6.33 Å². The lowest BCUT2D eigenvalue weighted by Crippen LogP contribution is -2.39. The van der Waals surface area contributed by atoms with Gasteiger partial charge in [-0.3, -0.25) is 0 Å². The van der Waals surface area contributed by atoms with Gasteiger partial charge in [0, 0.05) is 39.1 Å². The lowest BCUT2D eigenvalue weighted by atomic mass is 10.4. The molecule has 0 amide bonds. The van der Waals surface area contributed by atoms with Gasteiger partial charge in [0.25, 0.3) is 10.2 Å². The maximum atomic E-state index is 11.9. The van der Waals surface area contributed by atoms with Crippen LogP contribution in [0, 0.1) is 0 Å². The third-order valence-electron chi connectivity index (χ3n) is 2.92. The predicted octanol–water partition coefficient (Wildman–Crippen LogP) is 0.0390. The van der Waals surface area contributed by atoms with E-state index in [0.29, 0.717) is 13.1 Å². The highest BCUT2D eigenvalue weighted by molar-refractivity contribution is 7.87. The van der Waals surface area contributed by atoms with Crippen LogP contribution >= 0.6 is 0 Å². The second kappa shape index (κ2) is 9.06. The van der Waals surface area contributed by atoms with Gasteiger partial charge < -0.3 is 9.88 Å². The molecule has 0 bridgehead atoms. The van der Waals surface area contributed by atoms with Gasteiger partial charge in [-0.15, -0.1) is 0 Å². The van der Waals surface area contributed by atoms with Gasteiger partial charge in [-0.05, 0) is 25.9 Å². The Bertz CT molecular complexity index is 446. The quantitative estimate of drug-likeness (QED) is 0.566. The van der Waals surface area contributed by atoms with Crippen LogP contribution in [-0.2, 0) is 16.8 Å². The van der Waals surface area contributed by atoms with Crippen LogP contribution in [-0.4, -0.2) is 55.5 Å². The fraction of sp³-hybridized carbons (Fsp3) is 0.750. The molecule has 0 aliphatic carbocycles. The van der Waals surface area contributed by atoms with Crippen LogP contribution in [0.25, 0.3) is 0 Å². The molecular formula is C12H25N5O2S. The van der Waals surface area contributed by atoms with Crippen molar-refractivity contribution >= 4 is 10.2 Å². The molecule has 0 saturated carbocycles. The van der Waals surface area contributed by atoms with Crippen molar-refractivity contribution in [1.29, 1.82) is 0 Å². The first-order valence-electron chi connectivity index (χ1n) is 6.93. The van der Waals surface area contributed by atoms with Crippen LogP contribution < -0.4 is 10.0 Å². The Morgan fingerprint density at radius 1 is 1.30 bits per heavy atom. The Morgan fingerprint density at radius 3 is 2.75 bits per heavy atom. The molecule has 1 aromatic rings. The number of rotatable bonds is 11. The Kier molecular flexibility index (Phi) is 7.75. The molecule has 0 unspecified atom stereocenters.